The van der Waals surface area contributed by atoms with Crippen LogP contribution in [0, 0.1) is 0 Å². The third kappa shape index (κ3) is 7.17. The van der Waals surface area contributed by atoms with E-state index in [-0.39, 0.29) is 18.5 Å². The summed E-state index contributed by atoms with van der Waals surface area (Å²) in [6, 6.07) is 3.75. The molecular formula is C18H32N4O3. The summed E-state index contributed by atoms with van der Waals surface area (Å²) in [6.07, 6.45) is 3.92. The maximum Gasteiger partial charge on any atom is 0.317 e. The zero-order valence-electron chi connectivity index (χ0n) is 16.0. The maximum absolute atomic E-state index is 12.8. The lowest BCUT2D eigenvalue weighted by atomic mass is 10.2. The zero-order chi connectivity index (χ0) is 18.7. The smallest absolute Gasteiger partial charge is 0.317 e. The van der Waals surface area contributed by atoms with Crippen molar-refractivity contribution in [3.63, 3.8) is 0 Å². The lowest BCUT2D eigenvalue weighted by molar-refractivity contribution is -0.132. The number of amides is 3. The summed E-state index contributed by atoms with van der Waals surface area (Å²) in [7, 11) is 3.55. The molecule has 0 saturated carbocycles. The van der Waals surface area contributed by atoms with Crippen LogP contribution in [0.15, 0.2) is 18.3 Å². The van der Waals surface area contributed by atoms with Gasteiger partial charge in [-0.05, 0) is 25.5 Å². The van der Waals surface area contributed by atoms with E-state index in [1.807, 2.05) is 41.8 Å². The minimum absolute atomic E-state index is 0.0444. The van der Waals surface area contributed by atoms with Crippen LogP contribution in [0.2, 0.25) is 0 Å². The molecule has 25 heavy (non-hydrogen) atoms. The fourth-order valence-corrected chi connectivity index (χ4v) is 2.48. The minimum Gasteiger partial charge on any atom is -0.383 e. The Kier molecular flexibility index (Phi) is 9.69. The minimum atomic E-state index is -0.234. The number of urea groups is 1. The van der Waals surface area contributed by atoms with Gasteiger partial charge in [-0.2, -0.15) is 0 Å². The molecule has 0 spiro atoms. The first-order chi connectivity index (χ1) is 12.0. The summed E-state index contributed by atoms with van der Waals surface area (Å²) < 4.78 is 7.07. The van der Waals surface area contributed by atoms with Crippen LogP contribution in [0.4, 0.5) is 4.79 Å². The molecule has 3 amide bonds. The Morgan fingerprint density at radius 2 is 2.00 bits per heavy atom. The Balaban J connectivity index is 2.78. The molecule has 0 aromatic carbocycles. The number of hydrogen-bond donors (Lipinski definition) is 1. The van der Waals surface area contributed by atoms with E-state index in [2.05, 4.69) is 12.2 Å². The zero-order valence-corrected chi connectivity index (χ0v) is 16.0. The highest BCUT2D eigenvalue weighted by molar-refractivity contribution is 5.84. The van der Waals surface area contributed by atoms with Gasteiger partial charge in [0.2, 0.25) is 5.91 Å². The van der Waals surface area contributed by atoms with Crippen LogP contribution in [0.1, 0.15) is 32.4 Å². The number of ether oxygens (including phenoxy) is 1. The van der Waals surface area contributed by atoms with E-state index in [4.69, 9.17) is 4.74 Å². The molecule has 142 valence electrons. The molecule has 1 rings (SSSR count). The Morgan fingerprint density at radius 1 is 1.24 bits per heavy atom. The predicted molar refractivity (Wildman–Crippen MR) is 98.3 cm³/mol. The van der Waals surface area contributed by atoms with Crippen LogP contribution >= 0.6 is 0 Å². The molecule has 1 aromatic rings. The van der Waals surface area contributed by atoms with Crippen LogP contribution in [0.25, 0.3) is 0 Å². The number of nitrogens with one attached hydrogen (secondary N) is 1. The number of rotatable bonds is 11. The quantitative estimate of drug-likeness (QED) is 0.661. The van der Waals surface area contributed by atoms with Gasteiger partial charge in [0.1, 0.15) is 6.54 Å². The summed E-state index contributed by atoms with van der Waals surface area (Å²) in [4.78, 5) is 28.3. The second-order valence-electron chi connectivity index (χ2n) is 6.03. The number of aryl methyl sites for hydroxylation is 1. The second kappa shape index (κ2) is 11.5. The van der Waals surface area contributed by atoms with Crippen molar-refractivity contribution in [2.75, 3.05) is 39.9 Å². The van der Waals surface area contributed by atoms with Crippen LogP contribution < -0.4 is 5.32 Å². The van der Waals surface area contributed by atoms with Crippen molar-refractivity contribution in [2.24, 2.45) is 7.05 Å². The summed E-state index contributed by atoms with van der Waals surface area (Å²) in [5.41, 5.74) is 1.07. The van der Waals surface area contributed by atoms with Crippen molar-refractivity contribution >= 4 is 11.9 Å². The highest BCUT2D eigenvalue weighted by Gasteiger charge is 2.21. The number of methoxy groups -OCH3 is 1. The lowest BCUT2D eigenvalue weighted by Gasteiger charge is -2.28. The van der Waals surface area contributed by atoms with Crippen LogP contribution in [0.3, 0.4) is 0 Å². The average molecular weight is 352 g/mol. The molecule has 0 bridgehead atoms. The highest BCUT2D eigenvalue weighted by Crippen LogP contribution is 2.08. The van der Waals surface area contributed by atoms with E-state index >= 15 is 0 Å². The van der Waals surface area contributed by atoms with E-state index in [0.717, 1.165) is 18.5 Å². The van der Waals surface area contributed by atoms with Crippen LogP contribution in [-0.2, 0) is 23.1 Å². The van der Waals surface area contributed by atoms with Gasteiger partial charge in [-0.1, -0.05) is 13.3 Å². The Bertz CT molecular complexity index is 530. The standard InChI is InChI=1S/C18H32N4O3/c1-5-7-11-21(14-16-9-8-10-20(16)3)17(23)15-22(12-13-25-4)18(24)19-6-2/h8-10H,5-7,11-15H2,1-4H3,(H,19,24). The van der Waals surface area contributed by atoms with Crippen molar-refractivity contribution in [1.82, 2.24) is 19.7 Å². The molecule has 7 nitrogen and oxygen atoms in total. The first-order valence-electron chi connectivity index (χ1n) is 8.93. The molecule has 0 aliphatic carbocycles. The fraction of sp³-hybridized carbons (Fsp3) is 0.667. The summed E-state index contributed by atoms with van der Waals surface area (Å²) in [6.45, 7) is 6.57. The Morgan fingerprint density at radius 3 is 2.56 bits per heavy atom. The van der Waals surface area contributed by atoms with Crippen molar-refractivity contribution in [3.05, 3.63) is 24.0 Å². The van der Waals surface area contributed by atoms with Crippen molar-refractivity contribution in [1.29, 1.82) is 0 Å². The number of hydrogen-bond acceptors (Lipinski definition) is 3. The van der Waals surface area contributed by atoms with Gasteiger partial charge in [0.15, 0.2) is 0 Å². The number of aromatic nitrogens is 1. The maximum atomic E-state index is 12.8. The third-order valence-corrected chi connectivity index (χ3v) is 4.05. The van der Waals surface area contributed by atoms with Crippen molar-refractivity contribution < 1.29 is 14.3 Å². The van der Waals surface area contributed by atoms with E-state index in [9.17, 15) is 9.59 Å². The molecular weight excluding hydrogens is 320 g/mol. The largest absolute Gasteiger partial charge is 0.383 e. The van der Waals surface area contributed by atoms with E-state index < -0.39 is 0 Å². The van der Waals surface area contributed by atoms with Gasteiger partial charge < -0.3 is 24.4 Å². The van der Waals surface area contributed by atoms with Gasteiger partial charge in [0.25, 0.3) is 0 Å². The topological polar surface area (TPSA) is 66.8 Å². The molecule has 0 radical (unpaired) electrons. The monoisotopic (exact) mass is 352 g/mol. The first-order valence-corrected chi connectivity index (χ1v) is 8.93. The fourth-order valence-electron chi connectivity index (χ4n) is 2.48. The molecule has 1 heterocycles. The SMILES string of the molecule is CCCCN(Cc1cccn1C)C(=O)CN(CCOC)C(=O)NCC. The first kappa shape index (κ1) is 21.0. The molecule has 0 unspecified atom stereocenters. The third-order valence-electron chi connectivity index (χ3n) is 4.05. The van der Waals surface area contributed by atoms with Gasteiger partial charge in [-0.25, -0.2) is 4.79 Å². The molecule has 0 aliphatic heterocycles. The Hall–Kier alpha value is -2.02. The van der Waals surface area contributed by atoms with Gasteiger partial charge in [0.05, 0.1) is 13.2 Å². The Labute approximate surface area is 150 Å². The normalized spacial score (nSPS) is 10.6. The summed E-state index contributed by atoms with van der Waals surface area (Å²) >= 11 is 0. The van der Waals surface area contributed by atoms with E-state index in [0.29, 0.717) is 32.8 Å². The average Bonchev–Trinajstić information content (AvgIpc) is 3.00. The number of unbranched alkanes of at least 4 members (excludes halogenated alkanes) is 1. The second-order valence-corrected chi connectivity index (χ2v) is 6.03. The molecule has 0 aliphatic rings. The molecule has 0 fully saturated rings. The van der Waals surface area contributed by atoms with Crippen LogP contribution in [-0.4, -0.2) is 66.2 Å². The van der Waals surface area contributed by atoms with Crippen LogP contribution in [0.5, 0.6) is 0 Å². The molecule has 1 N–H and O–H groups in total. The summed E-state index contributed by atoms with van der Waals surface area (Å²) in [5.74, 6) is -0.0444. The van der Waals surface area contributed by atoms with E-state index in [1.54, 1.807) is 7.11 Å². The number of nitrogens with zero attached hydrogens (tertiary/aromatic N) is 3. The van der Waals surface area contributed by atoms with Crippen molar-refractivity contribution in [3.8, 4) is 0 Å². The van der Waals surface area contributed by atoms with Gasteiger partial charge in [0, 0.05) is 45.7 Å². The highest BCUT2D eigenvalue weighted by atomic mass is 16.5. The summed E-state index contributed by atoms with van der Waals surface area (Å²) in [5, 5.41) is 2.75. The van der Waals surface area contributed by atoms with Crippen molar-refractivity contribution in [2.45, 2.75) is 33.2 Å². The molecule has 0 saturated heterocycles. The van der Waals surface area contributed by atoms with E-state index in [1.165, 1.54) is 4.90 Å². The number of carbonyl (C=O) groups excluding carboxylic acids is 2. The molecule has 7 heteroatoms. The lowest BCUT2D eigenvalue weighted by Crippen LogP contribution is -2.48. The molecule has 0 atom stereocenters. The van der Waals surface area contributed by atoms with Gasteiger partial charge in [-0.3, -0.25) is 4.79 Å². The predicted octanol–water partition coefficient (Wildman–Crippen LogP) is 1.83. The van der Waals surface area contributed by atoms with Gasteiger partial charge in [-0.15, -0.1) is 0 Å². The number of carbonyl (C=O) groups is 2. The molecule has 1 aromatic heterocycles. The van der Waals surface area contributed by atoms with Gasteiger partial charge >= 0.3 is 6.03 Å².